The number of carbonyl (C=O) groups excluding carboxylic acids is 1. The Hall–Kier alpha value is -2.34. The molecule has 0 radical (unpaired) electrons. The van der Waals surface area contributed by atoms with Gasteiger partial charge in [0.25, 0.3) is 5.91 Å². The molecule has 126 valence electrons. The van der Waals surface area contributed by atoms with Crippen molar-refractivity contribution in [2.45, 2.75) is 18.9 Å². The zero-order chi connectivity index (χ0) is 16.8. The van der Waals surface area contributed by atoms with E-state index in [1.807, 2.05) is 0 Å². The fraction of sp³-hybridized carbons (Fsp3) is 0.353. The normalized spacial score (nSPS) is 17.4. The van der Waals surface area contributed by atoms with Crippen molar-refractivity contribution in [3.05, 3.63) is 47.6 Å². The van der Waals surface area contributed by atoms with Crippen molar-refractivity contribution in [2.24, 2.45) is 0 Å². The minimum atomic E-state index is -0.0741. The minimum Gasteiger partial charge on any atom is -0.484 e. The van der Waals surface area contributed by atoms with Crippen molar-refractivity contribution in [1.82, 2.24) is 15.1 Å². The Morgan fingerprint density at radius 1 is 1.29 bits per heavy atom. The number of rotatable bonds is 5. The largest absolute Gasteiger partial charge is 0.484 e. The van der Waals surface area contributed by atoms with Gasteiger partial charge in [0, 0.05) is 23.8 Å². The van der Waals surface area contributed by atoms with Gasteiger partial charge < -0.3 is 14.4 Å². The minimum absolute atomic E-state index is 0.000501. The number of piperidine rings is 1. The Labute approximate surface area is 145 Å². The van der Waals surface area contributed by atoms with Gasteiger partial charge in [-0.1, -0.05) is 11.6 Å². The first-order valence-corrected chi connectivity index (χ1v) is 8.19. The number of ether oxygens (including phenoxy) is 2. The summed E-state index contributed by atoms with van der Waals surface area (Å²) < 4.78 is 11.3. The van der Waals surface area contributed by atoms with Crippen LogP contribution in [0.25, 0.3) is 0 Å². The molecular weight excluding hydrogens is 330 g/mol. The highest BCUT2D eigenvalue weighted by atomic mass is 35.5. The Balaban J connectivity index is 1.50. The predicted octanol–water partition coefficient (Wildman–Crippen LogP) is 2.58. The van der Waals surface area contributed by atoms with Gasteiger partial charge in [0.2, 0.25) is 5.88 Å². The molecular formula is C17H18ClN3O3. The van der Waals surface area contributed by atoms with Crippen molar-refractivity contribution in [1.29, 1.82) is 0 Å². The molecule has 1 aliphatic rings. The third kappa shape index (κ3) is 4.58. The number of hydrogen-bond donors (Lipinski definition) is 0. The molecule has 1 amide bonds. The maximum Gasteiger partial charge on any atom is 0.260 e. The van der Waals surface area contributed by atoms with Crippen LogP contribution in [0.4, 0.5) is 0 Å². The number of halogens is 1. The molecule has 2 aromatic rings. The summed E-state index contributed by atoms with van der Waals surface area (Å²) in [6.07, 6.45) is 3.29. The van der Waals surface area contributed by atoms with Gasteiger partial charge in [-0.05, 0) is 43.2 Å². The summed E-state index contributed by atoms with van der Waals surface area (Å²) in [6, 6.07) is 10.5. The third-order valence-corrected chi connectivity index (χ3v) is 3.99. The van der Waals surface area contributed by atoms with Gasteiger partial charge in [0.05, 0.1) is 6.54 Å². The Bertz CT molecular complexity index is 667. The highest BCUT2D eigenvalue weighted by molar-refractivity contribution is 6.30. The smallest absolute Gasteiger partial charge is 0.260 e. The second-order valence-corrected chi connectivity index (χ2v) is 5.96. The first-order chi connectivity index (χ1) is 11.7. The molecule has 1 fully saturated rings. The van der Waals surface area contributed by atoms with Crippen LogP contribution in [0.5, 0.6) is 11.6 Å². The van der Waals surface area contributed by atoms with E-state index in [9.17, 15) is 4.79 Å². The van der Waals surface area contributed by atoms with Gasteiger partial charge in [-0.3, -0.25) is 4.79 Å². The summed E-state index contributed by atoms with van der Waals surface area (Å²) >= 11 is 5.82. The quantitative estimate of drug-likeness (QED) is 0.831. The summed E-state index contributed by atoms with van der Waals surface area (Å²) in [5.41, 5.74) is 0. The number of benzene rings is 1. The molecule has 0 bridgehead atoms. The number of carbonyl (C=O) groups is 1. The van der Waals surface area contributed by atoms with Crippen LogP contribution < -0.4 is 9.47 Å². The van der Waals surface area contributed by atoms with Gasteiger partial charge in [0.15, 0.2) is 6.61 Å². The summed E-state index contributed by atoms with van der Waals surface area (Å²) in [7, 11) is 0. The van der Waals surface area contributed by atoms with E-state index in [0.717, 1.165) is 12.8 Å². The molecule has 3 rings (SSSR count). The number of amides is 1. The lowest BCUT2D eigenvalue weighted by atomic mass is 10.1. The van der Waals surface area contributed by atoms with E-state index in [4.69, 9.17) is 21.1 Å². The molecule has 1 aliphatic heterocycles. The standard InChI is InChI=1S/C17H18ClN3O3/c18-13-5-7-14(8-6-13)23-12-17(22)21-10-2-3-15(11-21)24-16-4-1-9-19-20-16/h1,4-9,15H,2-3,10-12H2/t15-/m1/s1. The fourth-order valence-corrected chi connectivity index (χ4v) is 2.68. The topological polar surface area (TPSA) is 64.5 Å². The summed E-state index contributed by atoms with van der Waals surface area (Å²) in [5, 5.41) is 8.34. The van der Waals surface area contributed by atoms with Crippen LogP contribution in [-0.4, -0.2) is 46.8 Å². The molecule has 0 unspecified atom stereocenters. The molecule has 1 saturated heterocycles. The first kappa shape index (κ1) is 16.5. The van der Waals surface area contributed by atoms with Crippen LogP contribution >= 0.6 is 11.6 Å². The second kappa shape index (κ2) is 7.97. The van der Waals surface area contributed by atoms with Gasteiger partial charge in [-0.2, -0.15) is 5.10 Å². The van der Waals surface area contributed by atoms with Crippen LogP contribution in [0.3, 0.4) is 0 Å². The van der Waals surface area contributed by atoms with Crippen LogP contribution in [0.2, 0.25) is 5.02 Å². The molecule has 1 atom stereocenters. The fourth-order valence-electron chi connectivity index (χ4n) is 2.55. The van der Waals surface area contributed by atoms with Crippen LogP contribution in [0.1, 0.15) is 12.8 Å². The lowest BCUT2D eigenvalue weighted by molar-refractivity contribution is -0.136. The van der Waals surface area contributed by atoms with E-state index < -0.39 is 0 Å². The molecule has 2 heterocycles. The lowest BCUT2D eigenvalue weighted by Crippen LogP contribution is -2.46. The number of aromatic nitrogens is 2. The SMILES string of the molecule is O=C(COc1ccc(Cl)cc1)N1CCC[C@@H](Oc2cccnn2)C1. The summed E-state index contributed by atoms with van der Waals surface area (Å²) in [4.78, 5) is 14.1. The highest BCUT2D eigenvalue weighted by Crippen LogP contribution is 2.18. The van der Waals surface area contributed by atoms with Crippen molar-refractivity contribution >= 4 is 17.5 Å². The van der Waals surface area contributed by atoms with E-state index in [2.05, 4.69) is 10.2 Å². The Morgan fingerprint density at radius 3 is 2.88 bits per heavy atom. The molecule has 0 spiro atoms. The molecule has 7 heteroatoms. The maximum absolute atomic E-state index is 12.3. The Kier molecular flexibility index (Phi) is 5.48. The van der Waals surface area contributed by atoms with Crippen molar-refractivity contribution in [3.8, 4) is 11.6 Å². The molecule has 1 aromatic carbocycles. The maximum atomic E-state index is 12.3. The van der Waals surface area contributed by atoms with Crippen LogP contribution in [0, 0.1) is 0 Å². The van der Waals surface area contributed by atoms with Gasteiger partial charge >= 0.3 is 0 Å². The number of hydrogen-bond acceptors (Lipinski definition) is 5. The Morgan fingerprint density at radius 2 is 2.12 bits per heavy atom. The van der Waals surface area contributed by atoms with Gasteiger partial charge in [0.1, 0.15) is 11.9 Å². The molecule has 6 nitrogen and oxygen atoms in total. The van der Waals surface area contributed by atoms with Crippen molar-refractivity contribution < 1.29 is 14.3 Å². The van der Waals surface area contributed by atoms with E-state index in [-0.39, 0.29) is 18.6 Å². The second-order valence-electron chi connectivity index (χ2n) is 5.53. The van der Waals surface area contributed by atoms with E-state index in [0.29, 0.717) is 29.7 Å². The summed E-state index contributed by atoms with van der Waals surface area (Å²) in [5.74, 6) is 1.05. The number of likely N-dealkylation sites (tertiary alicyclic amines) is 1. The lowest BCUT2D eigenvalue weighted by Gasteiger charge is -2.32. The van der Waals surface area contributed by atoms with E-state index >= 15 is 0 Å². The number of nitrogens with zero attached hydrogens (tertiary/aromatic N) is 3. The highest BCUT2D eigenvalue weighted by Gasteiger charge is 2.25. The molecule has 24 heavy (non-hydrogen) atoms. The van der Waals surface area contributed by atoms with E-state index in [1.165, 1.54) is 0 Å². The average Bonchev–Trinajstić information content (AvgIpc) is 2.62. The third-order valence-electron chi connectivity index (χ3n) is 3.74. The zero-order valence-corrected chi connectivity index (χ0v) is 13.9. The van der Waals surface area contributed by atoms with E-state index in [1.54, 1.807) is 47.5 Å². The monoisotopic (exact) mass is 347 g/mol. The predicted molar refractivity (Wildman–Crippen MR) is 89.2 cm³/mol. The first-order valence-electron chi connectivity index (χ1n) is 7.81. The van der Waals surface area contributed by atoms with Crippen LogP contribution in [-0.2, 0) is 4.79 Å². The van der Waals surface area contributed by atoms with Crippen molar-refractivity contribution in [3.63, 3.8) is 0 Å². The average molecular weight is 348 g/mol. The van der Waals surface area contributed by atoms with Gasteiger partial charge in [-0.25, -0.2) is 0 Å². The molecule has 0 N–H and O–H groups in total. The molecule has 1 aromatic heterocycles. The molecule has 0 aliphatic carbocycles. The summed E-state index contributed by atoms with van der Waals surface area (Å²) in [6.45, 7) is 1.24. The van der Waals surface area contributed by atoms with Gasteiger partial charge in [-0.15, -0.1) is 5.10 Å². The van der Waals surface area contributed by atoms with Crippen molar-refractivity contribution in [2.75, 3.05) is 19.7 Å². The van der Waals surface area contributed by atoms with Crippen LogP contribution in [0.15, 0.2) is 42.6 Å². The molecule has 0 saturated carbocycles. The zero-order valence-electron chi connectivity index (χ0n) is 13.1.